The summed E-state index contributed by atoms with van der Waals surface area (Å²) in [6.07, 6.45) is 2.57. The van der Waals surface area contributed by atoms with Crippen LogP contribution in [0.3, 0.4) is 0 Å². The Morgan fingerprint density at radius 3 is 2.14 bits per heavy atom. The van der Waals surface area contributed by atoms with E-state index in [1.165, 1.54) is 6.08 Å². The Balaban J connectivity index is 0.00000280. The van der Waals surface area contributed by atoms with Crippen molar-refractivity contribution >= 4 is 24.2 Å². The van der Waals surface area contributed by atoms with Crippen LogP contribution in [0.2, 0.25) is 0 Å². The molecule has 1 heterocycles. The molecule has 2 aromatic rings. The first-order chi connectivity index (χ1) is 13.1. The van der Waals surface area contributed by atoms with Crippen molar-refractivity contribution in [1.82, 2.24) is 4.90 Å². The summed E-state index contributed by atoms with van der Waals surface area (Å²) in [4.78, 5) is 2.01. The Bertz CT molecular complexity index is 783. The van der Waals surface area contributed by atoms with E-state index in [1.807, 2.05) is 4.90 Å². The zero-order valence-electron chi connectivity index (χ0n) is 15.1. The van der Waals surface area contributed by atoms with Gasteiger partial charge in [0.1, 0.15) is 5.69 Å². The Morgan fingerprint density at radius 1 is 0.929 bits per heavy atom. The van der Waals surface area contributed by atoms with Crippen LogP contribution < -0.4 is 5.32 Å². The van der Waals surface area contributed by atoms with E-state index in [0.717, 1.165) is 11.6 Å². The smallest absolute Gasteiger partial charge is 0.185 e. The lowest BCUT2D eigenvalue weighted by atomic mass is 10.1. The molecule has 0 amide bonds. The number of hydrogen-bond acceptors (Lipinski definition) is 3. The summed E-state index contributed by atoms with van der Waals surface area (Å²) < 4.78 is 62.4. The third-order valence-corrected chi connectivity index (χ3v) is 4.36. The van der Waals surface area contributed by atoms with E-state index in [2.05, 4.69) is 5.32 Å². The molecule has 2 aromatic carbocycles. The largest absolute Gasteiger partial charge is 0.379 e. The molecule has 1 aliphatic heterocycles. The van der Waals surface area contributed by atoms with Crippen molar-refractivity contribution in [3.05, 3.63) is 70.8 Å². The van der Waals surface area contributed by atoms with Gasteiger partial charge in [0, 0.05) is 26.2 Å². The molecule has 1 fully saturated rings. The highest BCUT2D eigenvalue weighted by Crippen LogP contribution is 2.29. The van der Waals surface area contributed by atoms with E-state index in [9.17, 15) is 17.6 Å². The van der Waals surface area contributed by atoms with Gasteiger partial charge in [0.2, 0.25) is 0 Å². The first kappa shape index (κ1) is 22.2. The van der Waals surface area contributed by atoms with Crippen LogP contribution in [0, 0.1) is 23.3 Å². The standard InChI is InChI=1S/C20H20F4N2O.ClH/c21-16-15(7-4-8-26-9-11-27-12-10-26)17(22)19(24)20(18(16)23)25-13-14-5-2-1-3-6-14;/h1-7,25H,8-13H2;1H. The van der Waals surface area contributed by atoms with E-state index in [4.69, 9.17) is 4.74 Å². The van der Waals surface area contributed by atoms with Gasteiger partial charge in [0.15, 0.2) is 23.3 Å². The van der Waals surface area contributed by atoms with Gasteiger partial charge in [0.25, 0.3) is 0 Å². The van der Waals surface area contributed by atoms with Crippen LogP contribution in [-0.4, -0.2) is 37.7 Å². The van der Waals surface area contributed by atoms with Gasteiger partial charge in [-0.05, 0) is 5.56 Å². The van der Waals surface area contributed by atoms with Crippen molar-refractivity contribution in [1.29, 1.82) is 0 Å². The molecular formula is C20H21ClF4N2O. The molecule has 0 aliphatic carbocycles. The maximum absolute atomic E-state index is 14.3. The number of nitrogens with one attached hydrogen (secondary N) is 1. The molecule has 0 atom stereocenters. The van der Waals surface area contributed by atoms with Gasteiger partial charge in [-0.3, -0.25) is 4.90 Å². The van der Waals surface area contributed by atoms with Gasteiger partial charge in [0.05, 0.1) is 18.8 Å². The molecule has 152 valence electrons. The number of anilines is 1. The lowest BCUT2D eigenvalue weighted by molar-refractivity contribution is 0.0435. The first-order valence-corrected chi connectivity index (χ1v) is 8.68. The summed E-state index contributed by atoms with van der Waals surface area (Å²) >= 11 is 0. The number of morpholine rings is 1. The third-order valence-electron chi connectivity index (χ3n) is 4.36. The van der Waals surface area contributed by atoms with Gasteiger partial charge in [-0.1, -0.05) is 42.5 Å². The number of halogens is 5. The Hall–Kier alpha value is -2.09. The average Bonchev–Trinajstić information content (AvgIpc) is 2.70. The zero-order chi connectivity index (χ0) is 19.2. The number of rotatable bonds is 6. The fourth-order valence-electron chi connectivity index (χ4n) is 2.84. The van der Waals surface area contributed by atoms with Gasteiger partial charge in [-0.25, -0.2) is 17.6 Å². The van der Waals surface area contributed by atoms with Crippen LogP contribution in [0.1, 0.15) is 11.1 Å². The molecule has 1 aliphatic rings. The SMILES string of the molecule is Cl.Fc1c(F)c(NCc2ccccc2)c(F)c(F)c1C=CCN1CCOCC1. The summed E-state index contributed by atoms with van der Waals surface area (Å²) in [5.41, 5.74) is -0.797. The average molecular weight is 417 g/mol. The fourth-order valence-corrected chi connectivity index (χ4v) is 2.84. The van der Waals surface area contributed by atoms with Crippen molar-refractivity contribution in [2.45, 2.75) is 6.54 Å². The van der Waals surface area contributed by atoms with Crippen LogP contribution in [0.25, 0.3) is 6.08 Å². The second-order valence-corrected chi connectivity index (χ2v) is 6.20. The number of ether oxygens (including phenoxy) is 1. The second kappa shape index (κ2) is 10.5. The fraction of sp³-hybridized carbons (Fsp3) is 0.300. The third kappa shape index (κ3) is 5.25. The molecule has 1 N–H and O–H groups in total. The highest BCUT2D eigenvalue weighted by molar-refractivity contribution is 5.85. The molecule has 0 aromatic heterocycles. The Morgan fingerprint density at radius 2 is 1.54 bits per heavy atom. The topological polar surface area (TPSA) is 24.5 Å². The molecule has 8 heteroatoms. The van der Waals surface area contributed by atoms with Gasteiger partial charge in [-0.2, -0.15) is 0 Å². The van der Waals surface area contributed by atoms with E-state index < -0.39 is 34.5 Å². The molecule has 0 spiro atoms. The first-order valence-electron chi connectivity index (χ1n) is 8.68. The van der Waals surface area contributed by atoms with Gasteiger partial charge >= 0.3 is 0 Å². The maximum atomic E-state index is 14.3. The normalized spacial score (nSPS) is 14.9. The highest BCUT2D eigenvalue weighted by Gasteiger charge is 2.24. The van der Waals surface area contributed by atoms with Gasteiger partial charge in [-0.15, -0.1) is 12.4 Å². The van der Waals surface area contributed by atoms with Crippen molar-refractivity contribution < 1.29 is 22.3 Å². The minimum atomic E-state index is -1.43. The van der Waals surface area contributed by atoms with Crippen molar-refractivity contribution in [2.24, 2.45) is 0 Å². The van der Waals surface area contributed by atoms with E-state index in [0.29, 0.717) is 32.8 Å². The molecule has 28 heavy (non-hydrogen) atoms. The van der Waals surface area contributed by atoms with Gasteiger partial charge < -0.3 is 10.1 Å². The van der Waals surface area contributed by atoms with E-state index in [-0.39, 0.29) is 19.0 Å². The quantitative estimate of drug-likeness (QED) is 0.549. The van der Waals surface area contributed by atoms with Crippen molar-refractivity contribution in [3.63, 3.8) is 0 Å². The Labute approximate surface area is 167 Å². The predicted octanol–water partition coefficient (Wildman–Crippen LogP) is 4.62. The lowest BCUT2D eigenvalue weighted by Crippen LogP contribution is -2.36. The van der Waals surface area contributed by atoms with Crippen LogP contribution in [0.4, 0.5) is 23.2 Å². The van der Waals surface area contributed by atoms with Crippen molar-refractivity contribution in [3.8, 4) is 0 Å². The Kier molecular flexibility index (Phi) is 8.29. The summed E-state index contributed by atoms with van der Waals surface area (Å²) in [7, 11) is 0. The maximum Gasteiger partial charge on any atom is 0.185 e. The molecule has 3 rings (SSSR count). The van der Waals surface area contributed by atoms with Crippen molar-refractivity contribution in [2.75, 3.05) is 38.2 Å². The summed E-state index contributed by atoms with van der Waals surface area (Å²) in [5.74, 6) is -5.70. The summed E-state index contributed by atoms with van der Waals surface area (Å²) in [6.45, 7) is 3.02. The molecule has 1 saturated heterocycles. The predicted molar refractivity (Wildman–Crippen MR) is 104 cm³/mol. The summed E-state index contributed by atoms with van der Waals surface area (Å²) in [6, 6.07) is 8.78. The molecule has 0 bridgehead atoms. The van der Waals surface area contributed by atoms with E-state index >= 15 is 0 Å². The molecule has 0 radical (unpaired) electrons. The molecule has 0 unspecified atom stereocenters. The molecular weight excluding hydrogens is 396 g/mol. The minimum Gasteiger partial charge on any atom is -0.379 e. The van der Waals surface area contributed by atoms with Crippen LogP contribution in [0.15, 0.2) is 36.4 Å². The highest BCUT2D eigenvalue weighted by atomic mass is 35.5. The van der Waals surface area contributed by atoms with Crippen LogP contribution in [0.5, 0.6) is 0 Å². The van der Waals surface area contributed by atoms with Crippen LogP contribution >= 0.6 is 12.4 Å². The number of nitrogens with zero attached hydrogens (tertiary/aromatic N) is 1. The van der Waals surface area contributed by atoms with E-state index in [1.54, 1.807) is 30.3 Å². The summed E-state index contributed by atoms with van der Waals surface area (Å²) in [5, 5.41) is 2.44. The second-order valence-electron chi connectivity index (χ2n) is 6.20. The lowest BCUT2D eigenvalue weighted by Gasteiger charge is -2.25. The number of benzene rings is 2. The molecule has 0 saturated carbocycles. The minimum absolute atomic E-state index is 0. The monoisotopic (exact) mass is 416 g/mol. The van der Waals surface area contributed by atoms with Crippen LogP contribution in [-0.2, 0) is 11.3 Å². The zero-order valence-corrected chi connectivity index (χ0v) is 15.9. The number of hydrogen-bond donors (Lipinski definition) is 1. The molecule has 3 nitrogen and oxygen atoms in total.